The van der Waals surface area contributed by atoms with Crippen molar-refractivity contribution in [2.75, 3.05) is 26.8 Å². The van der Waals surface area contributed by atoms with E-state index < -0.39 is 11.8 Å². The normalized spacial score (nSPS) is 14.1. The van der Waals surface area contributed by atoms with E-state index in [1.165, 1.54) is 0 Å². The number of nitrogens with one attached hydrogen (secondary N) is 2. The molecule has 3 aromatic carbocycles. The summed E-state index contributed by atoms with van der Waals surface area (Å²) in [5.41, 5.74) is 0.130. The van der Waals surface area contributed by atoms with Gasteiger partial charge in [0.2, 0.25) is 5.91 Å². The molecule has 188 valence electrons. The summed E-state index contributed by atoms with van der Waals surface area (Å²) in [5.74, 6) is 0.915. The molecule has 2 heterocycles. The van der Waals surface area contributed by atoms with Crippen LogP contribution in [0.1, 0.15) is 10.5 Å². The quantitative estimate of drug-likeness (QED) is 0.399. The Bertz CT molecular complexity index is 1520. The third kappa shape index (κ3) is 5.08. The summed E-state index contributed by atoms with van der Waals surface area (Å²) < 4.78 is 17.8. The molecule has 4 aromatic rings. The van der Waals surface area contributed by atoms with Crippen molar-refractivity contribution in [2.45, 2.75) is 6.10 Å². The molecule has 0 aliphatic carbocycles. The molecule has 1 aliphatic rings. The fourth-order valence-corrected chi connectivity index (χ4v) is 3.95. The van der Waals surface area contributed by atoms with E-state index in [4.69, 9.17) is 14.2 Å². The Balaban J connectivity index is 1.28. The first-order valence-corrected chi connectivity index (χ1v) is 11.6. The average molecular weight is 501 g/mol. The number of hydrogen-bond acceptors (Lipinski definition) is 7. The maximum atomic E-state index is 13.1. The van der Waals surface area contributed by atoms with Crippen LogP contribution in [-0.4, -0.2) is 54.5 Å². The molecule has 1 aliphatic heterocycles. The first-order valence-electron chi connectivity index (χ1n) is 11.6. The van der Waals surface area contributed by atoms with Crippen LogP contribution in [0.4, 0.5) is 0 Å². The fourth-order valence-electron chi connectivity index (χ4n) is 3.95. The molecule has 0 fully saturated rings. The number of rotatable bonds is 7. The molecule has 0 unspecified atom stereocenters. The van der Waals surface area contributed by atoms with Crippen LogP contribution in [0.3, 0.4) is 0 Å². The van der Waals surface area contributed by atoms with Crippen LogP contribution < -0.4 is 30.4 Å². The molecule has 5 rings (SSSR count). The predicted octanol–water partition coefficient (Wildman–Crippen LogP) is 2.08. The largest absolute Gasteiger partial charge is 0.497 e. The third-order valence-electron chi connectivity index (χ3n) is 5.84. The number of benzene rings is 3. The highest BCUT2D eigenvalue weighted by Crippen LogP contribution is 2.30. The number of nitrogens with zero attached hydrogens (tertiary/aromatic N) is 2. The molecule has 37 heavy (non-hydrogen) atoms. The summed E-state index contributed by atoms with van der Waals surface area (Å²) in [6, 6.07) is 20.8. The van der Waals surface area contributed by atoms with E-state index in [0.717, 1.165) is 4.68 Å². The molecular formula is C27H24N4O6. The number of para-hydroxylation sites is 2. The van der Waals surface area contributed by atoms with Gasteiger partial charge in [-0.3, -0.25) is 14.4 Å². The van der Waals surface area contributed by atoms with Gasteiger partial charge in [0.15, 0.2) is 17.2 Å². The molecule has 0 saturated carbocycles. The van der Waals surface area contributed by atoms with Crippen molar-refractivity contribution >= 4 is 22.6 Å². The van der Waals surface area contributed by atoms with E-state index in [-0.39, 0.29) is 30.4 Å². The Labute approximate surface area is 211 Å². The second-order valence-electron chi connectivity index (χ2n) is 8.29. The molecule has 2 amide bonds. The third-order valence-corrected chi connectivity index (χ3v) is 5.84. The summed E-state index contributed by atoms with van der Waals surface area (Å²) >= 11 is 0. The Kier molecular flexibility index (Phi) is 6.71. The number of methoxy groups -OCH3 is 1. The first kappa shape index (κ1) is 23.9. The smallest absolute Gasteiger partial charge is 0.279 e. The zero-order chi connectivity index (χ0) is 25.8. The molecule has 10 nitrogen and oxygen atoms in total. The number of fused-ring (bicyclic) bond motifs is 2. The van der Waals surface area contributed by atoms with E-state index in [1.54, 1.807) is 61.7 Å². The van der Waals surface area contributed by atoms with Crippen molar-refractivity contribution in [1.82, 2.24) is 20.4 Å². The monoisotopic (exact) mass is 500 g/mol. The van der Waals surface area contributed by atoms with Crippen LogP contribution in [0, 0.1) is 0 Å². The van der Waals surface area contributed by atoms with Gasteiger partial charge in [-0.25, -0.2) is 0 Å². The minimum Gasteiger partial charge on any atom is -0.497 e. The van der Waals surface area contributed by atoms with Crippen molar-refractivity contribution in [3.05, 3.63) is 88.8 Å². The zero-order valence-electron chi connectivity index (χ0n) is 20.0. The van der Waals surface area contributed by atoms with Crippen molar-refractivity contribution in [2.24, 2.45) is 0 Å². The second-order valence-corrected chi connectivity index (χ2v) is 8.29. The molecule has 10 heteroatoms. The lowest BCUT2D eigenvalue weighted by Gasteiger charge is -2.26. The molecule has 0 saturated heterocycles. The molecule has 0 spiro atoms. The van der Waals surface area contributed by atoms with Crippen molar-refractivity contribution in [1.29, 1.82) is 0 Å². The molecule has 1 aromatic heterocycles. The molecule has 2 N–H and O–H groups in total. The van der Waals surface area contributed by atoms with Gasteiger partial charge >= 0.3 is 0 Å². The summed E-state index contributed by atoms with van der Waals surface area (Å²) in [6.45, 7) is 0.236. The van der Waals surface area contributed by atoms with Crippen LogP contribution in [-0.2, 0) is 4.79 Å². The van der Waals surface area contributed by atoms with Crippen molar-refractivity contribution in [3.63, 3.8) is 0 Å². The van der Waals surface area contributed by atoms with Gasteiger partial charge in [-0.15, -0.1) is 0 Å². The van der Waals surface area contributed by atoms with E-state index in [2.05, 4.69) is 15.7 Å². The molecular weight excluding hydrogens is 476 g/mol. The number of carbonyl (C=O) groups is 2. The summed E-state index contributed by atoms with van der Waals surface area (Å²) in [5, 5.41) is 10.4. The highest BCUT2D eigenvalue weighted by Gasteiger charge is 2.22. The molecule has 1 atom stereocenters. The maximum Gasteiger partial charge on any atom is 0.279 e. The molecule has 0 radical (unpaired) electrons. The van der Waals surface area contributed by atoms with Crippen LogP contribution in [0.2, 0.25) is 0 Å². The maximum absolute atomic E-state index is 13.1. The van der Waals surface area contributed by atoms with Gasteiger partial charge in [-0.2, -0.15) is 9.78 Å². The van der Waals surface area contributed by atoms with Gasteiger partial charge < -0.3 is 24.8 Å². The summed E-state index contributed by atoms with van der Waals surface area (Å²) in [4.78, 5) is 38.6. The highest BCUT2D eigenvalue weighted by atomic mass is 16.6. The second kappa shape index (κ2) is 10.4. The number of amides is 2. The van der Waals surface area contributed by atoms with Gasteiger partial charge in [-0.05, 0) is 42.5 Å². The van der Waals surface area contributed by atoms with E-state index >= 15 is 0 Å². The molecule has 0 bridgehead atoms. The van der Waals surface area contributed by atoms with Crippen molar-refractivity contribution in [3.8, 4) is 22.9 Å². The Morgan fingerprint density at radius 2 is 1.68 bits per heavy atom. The number of carbonyl (C=O) groups excluding carboxylic acids is 2. The van der Waals surface area contributed by atoms with Gasteiger partial charge in [0.1, 0.15) is 18.5 Å². The SMILES string of the molecule is COc1ccc(-n2nc(C(=O)NCC(=O)NC[C@@H]3COc4ccccc4O3)c3ccccc3c2=O)cc1. The number of aromatic nitrogens is 2. The summed E-state index contributed by atoms with van der Waals surface area (Å²) in [7, 11) is 1.54. The standard InChI is InChI=1S/C27H24N4O6/c1-35-18-12-10-17(11-13-18)31-27(34)21-7-3-2-6-20(21)25(30-31)26(33)29-15-24(32)28-14-19-16-36-22-8-4-5-9-23(22)37-19/h2-13,19H,14-16H2,1H3,(H,28,32)(H,29,33)/t19-/m1/s1. The minimum atomic E-state index is -0.584. The number of ether oxygens (including phenoxy) is 3. The van der Waals surface area contributed by atoms with Gasteiger partial charge in [0.25, 0.3) is 11.5 Å². The van der Waals surface area contributed by atoms with Gasteiger partial charge in [0, 0.05) is 5.39 Å². The average Bonchev–Trinajstić information content (AvgIpc) is 2.95. The lowest BCUT2D eigenvalue weighted by Crippen LogP contribution is -2.44. The predicted molar refractivity (Wildman–Crippen MR) is 136 cm³/mol. The van der Waals surface area contributed by atoms with Crippen LogP contribution in [0.25, 0.3) is 16.5 Å². The minimum absolute atomic E-state index is 0.0273. The van der Waals surface area contributed by atoms with Gasteiger partial charge in [0.05, 0.1) is 31.3 Å². The van der Waals surface area contributed by atoms with Crippen LogP contribution in [0.15, 0.2) is 77.6 Å². The van der Waals surface area contributed by atoms with Crippen molar-refractivity contribution < 1.29 is 23.8 Å². The van der Waals surface area contributed by atoms with Crippen LogP contribution in [0.5, 0.6) is 17.2 Å². The Morgan fingerprint density at radius 3 is 2.43 bits per heavy atom. The first-order chi connectivity index (χ1) is 18.0. The van der Waals surface area contributed by atoms with Crippen LogP contribution >= 0.6 is 0 Å². The van der Waals surface area contributed by atoms with Gasteiger partial charge in [-0.1, -0.05) is 30.3 Å². The topological polar surface area (TPSA) is 121 Å². The van der Waals surface area contributed by atoms with E-state index in [1.807, 2.05) is 18.2 Å². The van der Waals surface area contributed by atoms with E-state index in [9.17, 15) is 14.4 Å². The zero-order valence-corrected chi connectivity index (χ0v) is 20.0. The Hall–Kier alpha value is -4.86. The lowest BCUT2D eigenvalue weighted by atomic mass is 10.1. The Morgan fingerprint density at radius 1 is 0.973 bits per heavy atom. The highest BCUT2D eigenvalue weighted by molar-refractivity contribution is 6.05. The van der Waals surface area contributed by atoms with E-state index in [0.29, 0.717) is 40.3 Å². The summed E-state index contributed by atoms with van der Waals surface area (Å²) in [6.07, 6.45) is -0.354. The number of hydrogen-bond donors (Lipinski definition) is 2. The fraction of sp³-hybridized carbons (Fsp3) is 0.185. The lowest BCUT2D eigenvalue weighted by molar-refractivity contribution is -0.120.